The zero-order valence-corrected chi connectivity index (χ0v) is 11.6. The molecule has 3 nitrogen and oxygen atoms in total. The van der Waals surface area contributed by atoms with Crippen LogP contribution in [-0.4, -0.2) is 16.5 Å². The molecule has 0 radical (unpaired) electrons. The highest BCUT2D eigenvalue weighted by atomic mass is 79.9. The number of thiazole rings is 1. The third-order valence-corrected chi connectivity index (χ3v) is 4.01. The Morgan fingerprint density at radius 3 is 2.58 bits per heavy atom. The number of hydrogen-bond donors (Lipinski definition) is 1. The van der Waals surface area contributed by atoms with Gasteiger partial charge in [0.25, 0.3) is 0 Å². The van der Waals surface area contributed by atoms with Gasteiger partial charge in [-0.25, -0.2) is 4.98 Å². The maximum absolute atomic E-state index is 12.3. The van der Waals surface area contributed by atoms with E-state index < -0.39 is 18.2 Å². The van der Waals surface area contributed by atoms with Gasteiger partial charge in [-0.2, -0.15) is 0 Å². The maximum atomic E-state index is 12.3. The van der Waals surface area contributed by atoms with Gasteiger partial charge in [0, 0.05) is 5.56 Å². The lowest BCUT2D eigenvalue weighted by molar-refractivity contribution is -0.275. The molecule has 0 amide bonds. The smallest absolute Gasteiger partial charge is 0.405 e. The fourth-order valence-electron chi connectivity index (χ4n) is 1.48. The van der Waals surface area contributed by atoms with Gasteiger partial charge in [0.15, 0.2) is 0 Å². The van der Waals surface area contributed by atoms with Crippen molar-refractivity contribution in [1.29, 1.82) is 0 Å². The minimum Gasteiger partial charge on any atom is -0.405 e. The molecule has 0 saturated heterocycles. The second kappa shape index (κ2) is 5.48. The van der Waals surface area contributed by atoms with Crippen LogP contribution in [-0.2, 0) is 0 Å². The van der Waals surface area contributed by atoms with Crippen molar-refractivity contribution in [3.63, 3.8) is 0 Å². The lowest BCUT2D eigenvalue weighted by Gasteiger charge is -2.16. The molecular formula is C11H7BrF3NO2S. The summed E-state index contributed by atoms with van der Waals surface area (Å²) >= 11 is 4.26. The van der Waals surface area contributed by atoms with E-state index in [-0.39, 0.29) is 5.56 Å². The molecule has 0 spiro atoms. The summed E-state index contributed by atoms with van der Waals surface area (Å²) in [7, 11) is 0. The van der Waals surface area contributed by atoms with Crippen LogP contribution in [0, 0.1) is 0 Å². The number of alkyl halides is 3. The molecule has 0 aliphatic rings. The zero-order valence-electron chi connectivity index (χ0n) is 9.19. The lowest BCUT2D eigenvalue weighted by atomic mass is 10.1. The predicted octanol–water partition coefficient (Wildman–Crippen LogP) is 3.89. The molecule has 2 aromatic rings. The first-order valence-corrected chi connectivity index (χ1v) is 6.67. The van der Waals surface area contributed by atoms with Gasteiger partial charge in [-0.1, -0.05) is 18.2 Å². The van der Waals surface area contributed by atoms with Crippen molar-refractivity contribution in [2.75, 3.05) is 0 Å². The Hall–Kier alpha value is -1.12. The van der Waals surface area contributed by atoms with Crippen LogP contribution < -0.4 is 4.74 Å². The van der Waals surface area contributed by atoms with Gasteiger partial charge >= 0.3 is 6.36 Å². The summed E-state index contributed by atoms with van der Waals surface area (Å²) in [6.45, 7) is 0. The quantitative estimate of drug-likeness (QED) is 0.910. The minimum absolute atomic E-state index is 0.0322. The summed E-state index contributed by atoms with van der Waals surface area (Å²) < 4.78 is 41.1. The number of hydrogen-bond acceptors (Lipinski definition) is 4. The Balaban J connectivity index is 2.37. The second-order valence-electron chi connectivity index (χ2n) is 3.50. The number of halogens is 4. The number of aliphatic hydroxyl groups is 1. The highest BCUT2D eigenvalue weighted by molar-refractivity contribution is 9.10. The van der Waals surface area contributed by atoms with Crippen LogP contribution in [0.2, 0.25) is 0 Å². The van der Waals surface area contributed by atoms with Crippen LogP contribution in [0.4, 0.5) is 13.2 Å². The van der Waals surface area contributed by atoms with Crippen molar-refractivity contribution in [2.24, 2.45) is 0 Å². The number of aromatic nitrogens is 1. The van der Waals surface area contributed by atoms with E-state index in [1.807, 2.05) is 0 Å². The Kier molecular flexibility index (Phi) is 4.12. The lowest BCUT2D eigenvalue weighted by Crippen LogP contribution is -2.18. The third-order valence-electron chi connectivity index (χ3n) is 2.24. The van der Waals surface area contributed by atoms with Crippen molar-refractivity contribution in [2.45, 2.75) is 12.5 Å². The molecule has 1 atom stereocenters. The summed E-state index contributed by atoms with van der Waals surface area (Å²) in [5.74, 6) is -0.428. The molecule has 1 heterocycles. The van der Waals surface area contributed by atoms with Crippen molar-refractivity contribution in [3.8, 4) is 5.75 Å². The molecule has 1 aromatic carbocycles. The Morgan fingerprint density at radius 2 is 2.00 bits per heavy atom. The monoisotopic (exact) mass is 353 g/mol. The molecule has 0 saturated carbocycles. The zero-order chi connectivity index (χ0) is 14.0. The largest absolute Gasteiger partial charge is 0.573 e. The SMILES string of the molecule is OC(c1ccccc1OC(F)(F)F)c1scnc1Br. The van der Waals surface area contributed by atoms with Gasteiger partial charge in [-0.3, -0.25) is 0 Å². The predicted molar refractivity (Wildman–Crippen MR) is 67.0 cm³/mol. The van der Waals surface area contributed by atoms with Gasteiger partial charge in [0.1, 0.15) is 16.5 Å². The molecule has 1 unspecified atom stereocenters. The van der Waals surface area contributed by atoms with Crippen LogP contribution in [0.1, 0.15) is 16.5 Å². The van der Waals surface area contributed by atoms with Crippen molar-refractivity contribution in [3.05, 3.63) is 44.8 Å². The van der Waals surface area contributed by atoms with E-state index in [0.717, 1.165) is 17.4 Å². The van der Waals surface area contributed by atoms with Crippen LogP contribution in [0.25, 0.3) is 0 Å². The highest BCUT2D eigenvalue weighted by Crippen LogP contribution is 2.37. The molecule has 0 aliphatic carbocycles. The van der Waals surface area contributed by atoms with Crippen LogP contribution in [0.3, 0.4) is 0 Å². The Morgan fingerprint density at radius 1 is 1.32 bits per heavy atom. The maximum Gasteiger partial charge on any atom is 0.573 e. The summed E-state index contributed by atoms with van der Waals surface area (Å²) in [5, 5.41) is 10.1. The first-order valence-electron chi connectivity index (χ1n) is 5.00. The van der Waals surface area contributed by atoms with Gasteiger partial charge in [-0.15, -0.1) is 24.5 Å². The van der Waals surface area contributed by atoms with Gasteiger partial charge < -0.3 is 9.84 Å². The number of aliphatic hydroxyl groups excluding tert-OH is 1. The van der Waals surface area contributed by atoms with E-state index in [4.69, 9.17) is 0 Å². The van der Waals surface area contributed by atoms with E-state index >= 15 is 0 Å². The van der Waals surface area contributed by atoms with Crippen LogP contribution in [0.15, 0.2) is 34.4 Å². The molecule has 2 rings (SSSR count). The molecule has 0 bridgehead atoms. The molecule has 1 N–H and O–H groups in total. The molecule has 1 aromatic heterocycles. The van der Waals surface area contributed by atoms with Crippen molar-refractivity contribution < 1.29 is 23.0 Å². The van der Waals surface area contributed by atoms with E-state index in [0.29, 0.717) is 9.48 Å². The average Bonchev–Trinajstić information content (AvgIpc) is 2.73. The number of rotatable bonds is 3. The topological polar surface area (TPSA) is 42.4 Å². The molecule has 8 heteroatoms. The summed E-state index contributed by atoms with van der Waals surface area (Å²) in [4.78, 5) is 4.29. The molecule has 102 valence electrons. The average molecular weight is 354 g/mol. The van der Waals surface area contributed by atoms with E-state index in [2.05, 4.69) is 25.7 Å². The second-order valence-corrected chi connectivity index (χ2v) is 5.13. The standard InChI is InChI=1S/C11H7BrF3NO2S/c12-10-9(19-5-16-10)8(17)6-3-1-2-4-7(6)18-11(13,14)15/h1-5,8,17H. The fraction of sp³-hybridized carbons (Fsp3) is 0.182. The van der Waals surface area contributed by atoms with E-state index in [1.54, 1.807) is 0 Å². The summed E-state index contributed by atoms with van der Waals surface area (Å²) in [6, 6.07) is 5.45. The van der Waals surface area contributed by atoms with Crippen LogP contribution >= 0.6 is 27.3 Å². The Bertz CT molecular complexity index is 573. The summed E-state index contributed by atoms with van der Waals surface area (Å²) in [6.07, 6.45) is -6.04. The number of ether oxygens (including phenoxy) is 1. The van der Waals surface area contributed by atoms with Gasteiger partial charge in [-0.05, 0) is 22.0 Å². The molecule has 0 aliphatic heterocycles. The van der Waals surface area contributed by atoms with Crippen molar-refractivity contribution >= 4 is 27.3 Å². The Labute approximate surface area is 118 Å². The minimum atomic E-state index is -4.80. The molecule has 0 fully saturated rings. The van der Waals surface area contributed by atoms with E-state index in [9.17, 15) is 18.3 Å². The highest BCUT2D eigenvalue weighted by Gasteiger charge is 2.33. The summed E-state index contributed by atoms with van der Waals surface area (Å²) in [5.41, 5.74) is 1.51. The van der Waals surface area contributed by atoms with E-state index in [1.165, 1.54) is 23.7 Å². The first kappa shape index (κ1) is 14.3. The normalized spacial score (nSPS) is 13.3. The number of benzene rings is 1. The van der Waals surface area contributed by atoms with Crippen LogP contribution in [0.5, 0.6) is 5.75 Å². The van der Waals surface area contributed by atoms with Gasteiger partial charge in [0.05, 0.1) is 10.4 Å². The van der Waals surface area contributed by atoms with Gasteiger partial charge in [0.2, 0.25) is 0 Å². The molecule has 19 heavy (non-hydrogen) atoms. The molecular weight excluding hydrogens is 347 g/mol. The third kappa shape index (κ3) is 3.46. The number of para-hydroxylation sites is 1. The first-order chi connectivity index (χ1) is 8.88. The fourth-order valence-corrected chi connectivity index (χ4v) is 2.90. The van der Waals surface area contributed by atoms with Crippen molar-refractivity contribution in [1.82, 2.24) is 4.98 Å². The number of nitrogens with zero attached hydrogens (tertiary/aromatic N) is 1.